The molecule has 0 saturated heterocycles. The average Bonchev–Trinajstić information content (AvgIpc) is 3.77. The van der Waals surface area contributed by atoms with Crippen LogP contribution in [-0.2, 0) is 0 Å². The molecule has 0 radical (unpaired) electrons. The summed E-state index contributed by atoms with van der Waals surface area (Å²) in [6.45, 7) is 0. The van der Waals surface area contributed by atoms with E-state index < -0.39 is 0 Å². The predicted octanol–water partition coefficient (Wildman–Crippen LogP) is 11.4. The molecule has 0 spiro atoms. The number of hydrogen-bond acceptors (Lipinski definition) is 5. The lowest BCUT2D eigenvalue weighted by molar-refractivity contribution is 0.669. The smallest absolute Gasteiger partial charge is 0.164 e. The highest BCUT2D eigenvalue weighted by atomic mass is 16.3. The van der Waals surface area contributed by atoms with Gasteiger partial charge in [0.2, 0.25) is 0 Å². The average molecular weight is 666 g/mol. The lowest BCUT2D eigenvalue weighted by Gasteiger charge is -2.16. The summed E-state index contributed by atoms with van der Waals surface area (Å²) in [5.41, 5.74) is 9.90. The van der Waals surface area contributed by atoms with Crippen LogP contribution in [0.15, 0.2) is 168 Å². The Hall–Kier alpha value is -7.36. The fraction of sp³-hybridized carbons (Fsp3) is 0. The first-order valence-electron chi connectivity index (χ1n) is 17.1. The van der Waals surface area contributed by atoms with E-state index in [1.165, 1.54) is 0 Å². The topological polar surface area (TPSA) is 80.5 Å². The minimum Gasteiger partial charge on any atom is -0.456 e. The second kappa shape index (κ2) is 11.9. The van der Waals surface area contributed by atoms with Crippen molar-refractivity contribution in [2.24, 2.45) is 0 Å². The molecule has 0 aliphatic rings. The second-order valence-electron chi connectivity index (χ2n) is 12.7. The van der Waals surface area contributed by atoms with Crippen molar-refractivity contribution in [2.75, 3.05) is 0 Å². The molecule has 10 aromatic rings. The first kappa shape index (κ1) is 29.5. The van der Waals surface area contributed by atoms with Crippen LogP contribution in [0.25, 0.3) is 94.7 Å². The Bertz CT molecular complexity index is 2970. The van der Waals surface area contributed by atoms with E-state index in [1.807, 2.05) is 91.0 Å². The third-order valence-corrected chi connectivity index (χ3v) is 9.67. The van der Waals surface area contributed by atoms with Gasteiger partial charge in [-0.2, -0.15) is 5.26 Å². The molecule has 0 amide bonds. The van der Waals surface area contributed by atoms with Crippen molar-refractivity contribution < 1.29 is 4.42 Å². The van der Waals surface area contributed by atoms with Crippen LogP contribution in [0.2, 0.25) is 0 Å². The lowest BCUT2D eigenvalue weighted by atomic mass is 9.98. The number of furan rings is 1. The quantitative estimate of drug-likeness (QED) is 0.183. The van der Waals surface area contributed by atoms with E-state index in [-0.39, 0.29) is 0 Å². The first-order chi connectivity index (χ1) is 25.7. The van der Waals surface area contributed by atoms with Crippen LogP contribution in [0, 0.1) is 11.3 Å². The number of benzene rings is 7. The number of aromatic nitrogens is 4. The molecule has 52 heavy (non-hydrogen) atoms. The number of nitriles is 1. The molecule has 242 valence electrons. The van der Waals surface area contributed by atoms with Crippen molar-refractivity contribution in [1.29, 1.82) is 5.26 Å². The van der Waals surface area contributed by atoms with Gasteiger partial charge in [0.1, 0.15) is 11.2 Å². The zero-order chi connectivity index (χ0) is 34.6. The van der Waals surface area contributed by atoms with Gasteiger partial charge in [-0.1, -0.05) is 109 Å². The maximum Gasteiger partial charge on any atom is 0.164 e. The van der Waals surface area contributed by atoms with Gasteiger partial charge in [-0.05, 0) is 60.2 Å². The first-order valence-corrected chi connectivity index (χ1v) is 17.1. The van der Waals surface area contributed by atoms with Gasteiger partial charge in [-0.3, -0.25) is 0 Å². The summed E-state index contributed by atoms with van der Waals surface area (Å²) in [7, 11) is 0. The minimum absolute atomic E-state index is 0.561. The highest BCUT2D eigenvalue weighted by molar-refractivity contribution is 6.27. The predicted molar refractivity (Wildman–Crippen MR) is 208 cm³/mol. The van der Waals surface area contributed by atoms with Gasteiger partial charge in [-0.15, -0.1) is 0 Å². The van der Waals surface area contributed by atoms with E-state index in [0.29, 0.717) is 23.0 Å². The summed E-state index contributed by atoms with van der Waals surface area (Å²) >= 11 is 0. The molecule has 0 atom stereocenters. The largest absolute Gasteiger partial charge is 0.456 e. The van der Waals surface area contributed by atoms with Crippen molar-refractivity contribution >= 4 is 43.7 Å². The summed E-state index contributed by atoms with van der Waals surface area (Å²) < 4.78 is 8.65. The van der Waals surface area contributed by atoms with E-state index in [0.717, 1.165) is 77.2 Å². The van der Waals surface area contributed by atoms with Gasteiger partial charge >= 0.3 is 0 Å². The van der Waals surface area contributed by atoms with Crippen LogP contribution in [0.4, 0.5) is 0 Å². The van der Waals surface area contributed by atoms with Crippen LogP contribution in [0.5, 0.6) is 0 Å². The number of para-hydroxylation sites is 2. The Balaban J connectivity index is 1.26. The molecule has 3 aromatic heterocycles. The highest BCUT2D eigenvalue weighted by Gasteiger charge is 2.21. The van der Waals surface area contributed by atoms with Crippen LogP contribution in [-0.4, -0.2) is 19.5 Å². The Morgan fingerprint density at radius 1 is 0.462 bits per heavy atom. The van der Waals surface area contributed by atoms with Gasteiger partial charge in [-0.25, -0.2) is 15.0 Å². The standard InChI is InChI=1S/C46H27N5O/c47-28-29-12-11-17-32(26-29)36-27-33(46-49-44(30-13-3-1-4-14-30)48-45(50-46)31-15-5-2-6-16-31)22-23-38(36)51-37-20-9-7-18-34(37)42-39(51)24-25-41-43(42)35-19-8-10-21-40(35)52-41/h1-27H. The zero-order valence-corrected chi connectivity index (χ0v) is 27.7. The van der Waals surface area contributed by atoms with Gasteiger partial charge < -0.3 is 8.98 Å². The monoisotopic (exact) mass is 665 g/mol. The van der Waals surface area contributed by atoms with E-state index in [4.69, 9.17) is 19.4 Å². The third-order valence-electron chi connectivity index (χ3n) is 9.67. The van der Waals surface area contributed by atoms with Crippen molar-refractivity contribution in [3.8, 4) is 57.0 Å². The van der Waals surface area contributed by atoms with Gasteiger partial charge in [0.05, 0.1) is 28.4 Å². The summed E-state index contributed by atoms with van der Waals surface area (Å²) in [5, 5.41) is 14.4. The van der Waals surface area contributed by atoms with Gasteiger partial charge in [0, 0.05) is 43.8 Å². The maximum absolute atomic E-state index is 9.93. The number of fused-ring (bicyclic) bond motifs is 7. The molecule has 0 N–H and O–H groups in total. The van der Waals surface area contributed by atoms with Crippen LogP contribution in [0.1, 0.15) is 5.56 Å². The molecule has 6 nitrogen and oxygen atoms in total. The van der Waals surface area contributed by atoms with Gasteiger partial charge in [0.15, 0.2) is 17.5 Å². The normalized spacial score (nSPS) is 11.4. The Morgan fingerprint density at radius 3 is 1.83 bits per heavy atom. The van der Waals surface area contributed by atoms with E-state index in [1.54, 1.807) is 0 Å². The Labute approximate surface area is 298 Å². The molecule has 7 aromatic carbocycles. The van der Waals surface area contributed by atoms with Crippen molar-refractivity contribution in [3.05, 3.63) is 169 Å². The maximum atomic E-state index is 9.93. The Kier molecular flexibility index (Phi) is 6.76. The molecule has 6 heteroatoms. The molecule has 0 unspecified atom stereocenters. The third kappa shape index (κ3) is 4.76. The molecule has 0 bridgehead atoms. The summed E-state index contributed by atoms with van der Waals surface area (Å²) in [6, 6.07) is 57.4. The summed E-state index contributed by atoms with van der Waals surface area (Å²) in [6.07, 6.45) is 0. The van der Waals surface area contributed by atoms with Crippen molar-refractivity contribution in [2.45, 2.75) is 0 Å². The number of hydrogen-bond donors (Lipinski definition) is 0. The molecular weight excluding hydrogens is 639 g/mol. The van der Waals surface area contributed by atoms with Crippen molar-refractivity contribution in [1.82, 2.24) is 19.5 Å². The van der Waals surface area contributed by atoms with Gasteiger partial charge in [0.25, 0.3) is 0 Å². The second-order valence-corrected chi connectivity index (χ2v) is 12.7. The lowest BCUT2D eigenvalue weighted by Crippen LogP contribution is -2.02. The molecule has 0 fully saturated rings. The molecule has 3 heterocycles. The van der Waals surface area contributed by atoms with Crippen LogP contribution >= 0.6 is 0 Å². The summed E-state index contributed by atoms with van der Waals surface area (Å²) in [4.78, 5) is 15.0. The van der Waals surface area contributed by atoms with E-state index in [2.05, 4.69) is 83.4 Å². The fourth-order valence-corrected chi connectivity index (χ4v) is 7.33. The highest BCUT2D eigenvalue weighted by Crippen LogP contribution is 2.43. The summed E-state index contributed by atoms with van der Waals surface area (Å²) in [5.74, 6) is 1.76. The molecule has 0 saturated carbocycles. The SMILES string of the molecule is N#Cc1cccc(-c2cc(-c3nc(-c4ccccc4)nc(-c4ccccc4)n3)ccc2-n2c3ccccc3c3c4c(ccc32)oc2ccccc24)c1. The fourth-order valence-electron chi connectivity index (χ4n) is 7.33. The van der Waals surface area contributed by atoms with Crippen LogP contribution in [0.3, 0.4) is 0 Å². The van der Waals surface area contributed by atoms with E-state index in [9.17, 15) is 5.26 Å². The number of rotatable bonds is 5. The zero-order valence-electron chi connectivity index (χ0n) is 27.7. The molecule has 0 aliphatic heterocycles. The molecule has 0 aliphatic carbocycles. The minimum atomic E-state index is 0.561. The van der Waals surface area contributed by atoms with Crippen molar-refractivity contribution in [3.63, 3.8) is 0 Å². The van der Waals surface area contributed by atoms with E-state index >= 15 is 0 Å². The molecule has 10 rings (SSSR count). The number of nitrogens with zero attached hydrogens (tertiary/aromatic N) is 5. The molecular formula is C46H27N5O. The Morgan fingerprint density at radius 2 is 1.10 bits per heavy atom. The van der Waals surface area contributed by atoms with Crippen LogP contribution < -0.4 is 0 Å².